The van der Waals surface area contributed by atoms with Crippen LogP contribution in [0.4, 0.5) is 0 Å². The zero-order valence-electron chi connectivity index (χ0n) is 6.18. The maximum Gasteiger partial charge on any atom is 0.145 e. The minimum atomic E-state index is 0.850. The molecule has 0 amide bonds. The first kappa shape index (κ1) is 8.41. The van der Waals surface area contributed by atoms with E-state index in [2.05, 4.69) is 6.92 Å². The van der Waals surface area contributed by atoms with Gasteiger partial charge in [0.2, 0.25) is 0 Å². The second kappa shape index (κ2) is 5.54. The fraction of sp³-hybridized carbons (Fsp3) is 0.625. The van der Waals surface area contributed by atoms with E-state index in [1.807, 2.05) is 13.0 Å². The molecule has 0 aliphatic carbocycles. The zero-order valence-corrected chi connectivity index (χ0v) is 6.18. The van der Waals surface area contributed by atoms with Gasteiger partial charge in [-0.05, 0) is 18.9 Å². The highest BCUT2D eigenvalue weighted by molar-refractivity contribution is 5.71. The molecule has 0 fully saturated rings. The average molecular weight is 126 g/mol. The van der Waals surface area contributed by atoms with E-state index in [0.29, 0.717) is 0 Å². The predicted octanol–water partition coefficient (Wildman–Crippen LogP) is 2.32. The van der Waals surface area contributed by atoms with E-state index < -0.39 is 0 Å². The molecule has 9 heavy (non-hydrogen) atoms. The summed E-state index contributed by atoms with van der Waals surface area (Å²) in [4.78, 5) is 10.0. The summed E-state index contributed by atoms with van der Waals surface area (Å²) in [6, 6.07) is 0. The van der Waals surface area contributed by atoms with Gasteiger partial charge in [-0.15, -0.1) is 0 Å². The molecule has 1 heteroatoms. The fourth-order valence-corrected chi connectivity index (χ4v) is 0.582. The SMILES string of the molecule is CCCC/C=C(/C)C=O. The van der Waals surface area contributed by atoms with Crippen LogP contribution < -0.4 is 0 Å². The smallest absolute Gasteiger partial charge is 0.145 e. The molecule has 52 valence electrons. The van der Waals surface area contributed by atoms with Gasteiger partial charge in [0.25, 0.3) is 0 Å². The lowest BCUT2D eigenvalue weighted by Crippen LogP contribution is -1.75. The molecule has 1 nitrogen and oxygen atoms in total. The first-order valence-electron chi connectivity index (χ1n) is 3.43. The summed E-state index contributed by atoms with van der Waals surface area (Å²) in [6.07, 6.45) is 6.31. The molecule has 0 radical (unpaired) electrons. The van der Waals surface area contributed by atoms with Gasteiger partial charge < -0.3 is 0 Å². The molecular weight excluding hydrogens is 112 g/mol. The van der Waals surface area contributed by atoms with Gasteiger partial charge >= 0.3 is 0 Å². The number of allylic oxidation sites excluding steroid dienone is 2. The summed E-state index contributed by atoms with van der Waals surface area (Å²) < 4.78 is 0. The Hall–Kier alpha value is -0.590. The van der Waals surface area contributed by atoms with Crippen LogP contribution in [0.2, 0.25) is 0 Å². The lowest BCUT2D eigenvalue weighted by Gasteiger charge is -1.88. The highest BCUT2D eigenvalue weighted by Gasteiger charge is 1.82. The molecule has 0 saturated carbocycles. The highest BCUT2D eigenvalue weighted by Crippen LogP contribution is 1.97. The quantitative estimate of drug-likeness (QED) is 0.321. The van der Waals surface area contributed by atoms with Crippen molar-refractivity contribution in [3.05, 3.63) is 11.6 Å². The van der Waals surface area contributed by atoms with Crippen molar-refractivity contribution in [1.82, 2.24) is 0 Å². The molecule has 0 aromatic carbocycles. The lowest BCUT2D eigenvalue weighted by atomic mass is 10.2. The molecule has 0 atom stereocenters. The molecule has 0 spiro atoms. The molecule has 0 unspecified atom stereocenters. The number of carbonyl (C=O) groups is 1. The van der Waals surface area contributed by atoms with Crippen LogP contribution in [0.3, 0.4) is 0 Å². The Balaban J connectivity index is 3.31. The van der Waals surface area contributed by atoms with Gasteiger partial charge in [0, 0.05) is 0 Å². The Morgan fingerprint density at radius 2 is 2.22 bits per heavy atom. The van der Waals surface area contributed by atoms with Crippen LogP contribution >= 0.6 is 0 Å². The van der Waals surface area contributed by atoms with E-state index in [1.165, 1.54) is 12.8 Å². The number of unbranched alkanes of at least 4 members (excludes halogenated alkanes) is 2. The van der Waals surface area contributed by atoms with Crippen molar-refractivity contribution >= 4 is 6.29 Å². The summed E-state index contributed by atoms with van der Waals surface area (Å²) in [5.74, 6) is 0. The van der Waals surface area contributed by atoms with Gasteiger partial charge in [0.05, 0.1) is 0 Å². The summed E-state index contributed by atoms with van der Waals surface area (Å²) in [5.41, 5.74) is 0.850. The first-order valence-corrected chi connectivity index (χ1v) is 3.43. The summed E-state index contributed by atoms with van der Waals surface area (Å²) in [7, 11) is 0. The van der Waals surface area contributed by atoms with E-state index in [9.17, 15) is 4.79 Å². The Morgan fingerprint density at radius 1 is 1.56 bits per heavy atom. The molecule has 0 aromatic heterocycles. The number of carbonyl (C=O) groups excluding carboxylic acids is 1. The van der Waals surface area contributed by atoms with Gasteiger partial charge in [-0.3, -0.25) is 4.79 Å². The van der Waals surface area contributed by atoms with Gasteiger partial charge in [-0.1, -0.05) is 25.8 Å². The lowest BCUT2D eigenvalue weighted by molar-refractivity contribution is -0.104. The van der Waals surface area contributed by atoms with Gasteiger partial charge in [-0.2, -0.15) is 0 Å². The third-order valence-electron chi connectivity index (χ3n) is 1.21. The fourth-order valence-electron chi connectivity index (χ4n) is 0.582. The van der Waals surface area contributed by atoms with Crippen molar-refractivity contribution in [1.29, 1.82) is 0 Å². The van der Waals surface area contributed by atoms with Crippen molar-refractivity contribution in [2.24, 2.45) is 0 Å². The van der Waals surface area contributed by atoms with E-state index in [4.69, 9.17) is 0 Å². The Kier molecular flexibility index (Phi) is 5.18. The second-order valence-electron chi connectivity index (χ2n) is 2.21. The molecule has 0 rings (SSSR count). The molecular formula is C8H14O. The molecule has 0 aliphatic rings. The highest BCUT2D eigenvalue weighted by atomic mass is 16.1. The van der Waals surface area contributed by atoms with E-state index >= 15 is 0 Å². The van der Waals surface area contributed by atoms with Crippen LogP contribution in [0.5, 0.6) is 0 Å². The first-order chi connectivity index (χ1) is 4.31. The van der Waals surface area contributed by atoms with Crippen molar-refractivity contribution in [2.45, 2.75) is 33.1 Å². The topological polar surface area (TPSA) is 17.1 Å². The molecule has 0 aromatic rings. The van der Waals surface area contributed by atoms with Crippen molar-refractivity contribution < 1.29 is 4.79 Å². The molecule has 0 aliphatic heterocycles. The average Bonchev–Trinajstić information content (AvgIpc) is 1.89. The van der Waals surface area contributed by atoms with Gasteiger partial charge in [-0.25, -0.2) is 0 Å². The second-order valence-corrected chi connectivity index (χ2v) is 2.21. The monoisotopic (exact) mass is 126 g/mol. The Bertz CT molecular complexity index is 103. The van der Waals surface area contributed by atoms with Crippen molar-refractivity contribution in [3.63, 3.8) is 0 Å². The number of hydrogen-bond acceptors (Lipinski definition) is 1. The molecule has 0 saturated heterocycles. The number of hydrogen-bond donors (Lipinski definition) is 0. The van der Waals surface area contributed by atoms with E-state index in [0.717, 1.165) is 18.3 Å². The van der Waals surface area contributed by atoms with E-state index in [-0.39, 0.29) is 0 Å². The minimum Gasteiger partial charge on any atom is -0.298 e. The summed E-state index contributed by atoms with van der Waals surface area (Å²) in [5, 5.41) is 0. The van der Waals surface area contributed by atoms with Crippen LogP contribution in [-0.2, 0) is 4.79 Å². The number of aldehydes is 1. The summed E-state index contributed by atoms with van der Waals surface area (Å²) in [6.45, 7) is 3.98. The minimum absolute atomic E-state index is 0.850. The van der Waals surface area contributed by atoms with Crippen LogP contribution in [-0.4, -0.2) is 6.29 Å². The maximum absolute atomic E-state index is 10.0. The van der Waals surface area contributed by atoms with Crippen LogP contribution in [0.1, 0.15) is 33.1 Å². The van der Waals surface area contributed by atoms with Crippen molar-refractivity contribution in [2.75, 3.05) is 0 Å². The largest absolute Gasteiger partial charge is 0.298 e. The summed E-state index contributed by atoms with van der Waals surface area (Å²) >= 11 is 0. The third kappa shape index (κ3) is 5.28. The standard InChI is InChI=1S/C8H14O/c1-3-4-5-6-8(2)7-9/h6-7H,3-5H2,1-2H3/b8-6-. The van der Waals surface area contributed by atoms with Gasteiger partial charge in [0.1, 0.15) is 6.29 Å². The van der Waals surface area contributed by atoms with Crippen LogP contribution in [0.15, 0.2) is 11.6 Å². The number of rotatable bonds is 4. The maximum atomic E-state index is 10.0. The Morgan fingerprint density at radius 3 is 2.67 bits per heavy atom. The van der Waals surface area contributed by atoms with Crippen LogP contribution in [0.25, 0.3) is 0 Å². The van der Waals surface area contributed by atoms with Crippen molar-refractivity contribution in [3.8, 4) is 0 Å². The molecule has 0 bridgehead atoms. The predicted molar refractivity (Wildman–Crippen MR) is 39.3 cm³/mol. The van der Waals surface area contributed by atoms with Crippen LogP contribution in [0, 0.1) is 0 Å². The van der Waals surface area contributed by atoms with E-state index in [1.54, 1.807) is 0 Å². The van der Waals surface area contributed by atoms with Gasteiger partial charge in [0.15, 0.2) is 0 Å². The normalized spacial score (nSPS) is 11.6. The molecule has 0 N–H and O–H groups in total. The molecule has 0 heterocycles. The Labute approximate surface area is 56.8 Å². The third-order valence-corrected chi connectivity index (χ3v) is 1.21. The zero-order chi connectivity index (χ0) is 7.11.